The minimum absolute atomic E-state index is 0.196. The lowest BCUT2D eigenvalue weighted by Crippen LogP contribution is -2.31. The molecule has 1 saturated heterocycles. The van der Waals surface area contributed by atoms with Gasteiger partial charge < -0.3 is 5.73 Å². The number of hydrogen-bond donors (Lipinski definition) is 1. The van der Waals surface area contributed by atoms with Crippen LogP contribution in [0.4, 0.5) is 8.78 Å². The summed E-state index contributed by atoms with van der Waals surface area (Å²) in [5, 5.41) is 0. The van der Waals surface area contributed by atoms with Gasteiger partial charge in [0.25, 0.3) is 0 Å². The maximum absolute atomic E-state index is 13.3. The largest absolute Gasteiger partial charge is 0.326 e. The van der Waals surface area contributed by atoms with E-state index >= 15 is 0 Å². The molecule has 3 rings (SSSR count). The molecule has 0 aromatic heterocycles. The van der Waals surface area contributed by atoms with Crippen LogP contribution in [-0.2, 0) is 16.6 Å². The number of sulfonamides is 1. The third-order valence-electron chi connectivity index (χ3n) is 4.46. The summed E-state index contributed by atoms with van der Waals surface area (Å²) in [5.41, 5.74) is 6.34. The summed E-state index contributed by atoms with van der Waals surface area (Å²) >= 11 is 0. The second kappa shape index (κ2) is 5.00. The lowest BCUT2D eigenvalue weighted by Gasteiger charge is -2.19. The Balaban J connectivity index is 1.78. The van der Waals surface area contributed by atoms with Gasteiger partial charge in [0.2, 0.25) is 15.9 Å². The standard InChI is InChI=1S/C14H18F2N2O2S/c15-14(16)5-11-8-18(9-12(11)6-14)21(19,20)13-3-1-10(7-17)2-4-13/h1-4,11-12H,5-9,17H2/t11-,12+. The highest BCUT2D eigenvalue weighted by Gasteiger charge is 2.52. The molecule has 2 aliphatic rings. The molecule has 1 heterocycles. The highest BCUT2D eigenvalue weighted by atomic mass is 32.2. The molecule has 116 valence electrons. The first kappa shape index (κ1) is 14.9. The quantitative estimate of drug-likeness (QED) is 0.925. The van der Waals surface area contributed by atoms with E-state index in [0.717, 1.165) is 5.56 Å². The summed E-state index contributed by atoms with van der Waals surface area (Å²) in [6.45, 7) is 0.742. The van der Waals surface area contributed by atoms with E-state index in [1.54, 1.807) is 12.1 Å². The van der Waals surface area contributed by atoms with Crippen molar-refractivity contribution < 1.29 is 17.2 Å². The molecular weight excluding hydrogens is 298 g/mol. The first-order chi connectivity index (χ1) is 9.82. The molecule has 2 atom stereocenters. The van der Waals surface area contributed by atoms with Crippen molar-refractivity contribution in [2.75, 3.05) is 13.1 Å². The van der Waals surface area contributed by atoms with Crippen molar-refractivity contribution in [1.82, 2.24) is 4.31 Å². The van der Waals surface area contributed by atoms with Crippen LogP contribution in [0.5, 0.6) is 0 Å². The van der Waals surface area contributed by atoms with E-state index in [0.29, 0.717) is 6.54 Å². The van der Waals surface area contributed by atoms with Crippen LogP contribution in [-0.4, -0.2) is 31.7 Å². The van der Waals surface area contributed by atoms with Crippen molar-refractivity contribution in [3.8, 4) is 0 Å². The fourth-order valence-corrected chi connectivity index (χ4v) is 4.91. The summed E-state index contributed by atoms with van der Waals surface area (Å²) in [6.07, 6.45) is -0.397. The van der Waals surface area contributed by atoms with E-state index in [1.807, 2.05) is 0 Å². The van der Waals surface area contributed by atoms with Crippen molar-refractivity contribution in [3.63, 3.8) is 0 Å². The van der Waals surface area contributed by atoms with Crippen LogP contribution >= 0.6 is 0 Å². The van der Waals surface area contributed by atoms with Gasteiger partial charge in [0.1, 0.15) is 0 Å². The number of hydrogen-bond acceptors (Lipinski definition) is 3. The van der Waals surface area contributed by atoms with Gasteiger partial charge in [0, 0.05) is 32.5 Å². The third kappa shape index (κ3) is 2.69. The van der Waals surface area contributed by atoms with Gasteiger partial charge in [-0.25, -0.2) is 17.2 Å². The molecule has 2 N–H and O–H groups in total. The van der Waals surface area contributed by atoms with E-state index < -0.39 is 15.9 Å². The first-order valence-corrected chi connectivity index (χ1v) is 8.43. The van der Waals surface area contributed by atoms with E-state index in [4.69, 9.17) is 5.73 Å². The van der Waals surface area contributed by atoms with Crippen LogP contribution in [0.3, 0.4) is 0 Å². The molecular formula is C14H18F2N2O2S. The number of fused-ring (bicyclic) bond motifs is 1. The SMILES string of the molecule is NCc1ccc(S(=O)(=O)N2C[C@@H]3CC(F)(F)C[C@@H]3C2)cc1. The fourth-order valence-electron chi connectivity index (χ4n) is 3.35. The van der Waals surface area contributed by atoms with Gasteiger partial charge in [-0.15, -0.1) is 0 Å². The second-order valence-electron chi connectivity index (χ2n) is 5.95. The molecule has 7 heteroatoms. The average molecular weight is 316 g/mol. The molecule has 4 nitrogen and oxygen atoms in total. The molecule has 1 aliphatic heterocycles. The number of rotatable bonds is 3. The van der Waals surface area contributed by atoms with Crippen molar-refractivity contribution in [2.45, 2.75) is 30.2 Å². The Kier molecular flexibility index (Phi) is 3.54. The summed E-state index contributed by atoms with van der Waals surface area (Å²) in [7, 11) is -3.60. The van der Waals surface area contributed by atoms with Crippen molar-refractivity contribution in [3.05, 3.63) is 29.8 Å². The Morgan fingerprint density at radius 3 is 2.14 bits per heavy atom. The van der Waals surface area contributed by atoms with E-state index in [9.17, 15) is 17.2 Å². The van der Waals surface area contributed by atoms with Crippen LogP contribution in [0.1, 0.15) is 18.4 Å². The lowest BCUT2D eigenvalue weighted by atomic mass is 10.0. The van der Waals surface area contributed by atoms with Gasteiger partial charge in [-0.3, -0.25) is 0 Å². The Labute approximate surface area is 123 Å². The molecule has 0 spiro atoms. The number of alkyl halides is 2. The maximum Gasteiger partial charge on any atom is 0.248 e. The topological polar surface area (TPSA) is 63.4 Å². The highest BCUT2D eigenvalue weighted by molar-refractivity contribution is 7.89. The Hall–Kier alpha value is -1.05. The van der Waals surface area contributed by atoms with Crippen LogP contribution in [0.25, 0.3) is 0 Å². The summed E-state index contributed by atoms with van der Waals surface area (Å²) in [5.74, 6) is -3.08. The minimum atomic E-state index is -3.60. The number of nitrogens with zero attached hydrogens (tertiary/aromatic N) is 1. The second-order valence-corrected chi connectivity index (χ2v) is 7.89. The van der Waals surface area contributed by atoms with Crippen LogP contribution in [0.15, 0.2) is 29.2 Å². The van der Waals surface area contributed by atoms with Gasteiger partial charge in [0.15, 0.2) is 0 Å². The Bertz CT molecular complexity index is 615. The average Bonchev–Trinajstić information content (AvgIpc) is 2.92. The molecule has 1 saturated carbocycles. The Morgan fingerprint density at radius 2 is 1.67 bits per heavy atom. The maximum atomic E-state index is 13.3. The van der Waals surface area contributed by atoms with E-state index in [1.165, 1.54) is 16.4 Å². The molecule has 1 aromatic carbocycles. The zero-order valence-electron chi connectivity index (χ0n) is 11.5. The van der Waals surface area contributed by atoms with Crippen LogP contribution in [0.2, 0.25) is 0 Å². The first-order valence-electron chi connectivity index (χ1n) is 6.99. The van der Waals surface area contributed by atoms with E-state index in [-0.39, 0.29) is 42.7 Å². The highest BCUT2D eigenvalue weighted by Crippen LogP contribution is 2.47. The normalized spacial score (nSPS) is 28.7. The predicted octanol–water partition coefficient (Wildman–Crippen LogP) is 1.81. The zero-order valence-corrected chi connectivity index (χ0v) is 12.3. The monoisotopic (exact) mass is 316 g/mol. The fraction of sp³-hybridized carbons (Fsp3) is 0.571. The van der Waals surface area contributed by atoms with Gasteiger partial charge >= 0.3 is 0 Å². The van der Waals surface area contributed by atoms with Crippen LogP contribution < -0.4 is 5.73 Å². The molecule has 0 radical (unpaired) electrons. The lowest BCUT2D eigenvalue weighted by molar-refractivity contribution is -0.000617. The zero-order chi connectivity index (χ0) is 15.3. The van der Waals surface area contributed by atoms with Gasteiger partial charge in [-0.2, -0.15) is 4.31 Å². The number of nitrogens with two attached hydrogens (primary N) is 1. The molecule has 1 aliphatic carbocycles. The van der Waals surface area contributed by atoms with Crippen molar-refractivity contribution in [2.24, 2.45) is 17.6 Å². The van der Waals surface area contributed by atoms with Gasteiger partial charge in [0.05, 0.1) is 4.90 Å². The van der Waals surface area contributed by atoms with E-state index in [2.05, 4.69) is 0 Å². The summed E-state index contributed by atoms with van der Waals surface area (Å²) < 4.78 is 53.0. The van der Waals surface area contributed by atoms with Gasteiger partial charge in [-0.05, 0) is 29.5 Å². The molecule has 21 heavy (non-hydrogen) atoms. The molecule has 0 unspecified atom stereocenters. The molecule has 0 bridgehead atoms. The summed E-state index contributed by atoms with van der Waals surface area (Å²) in [4.78, 5) is 0.200. The molecule has 1 aromatic rings. The number of halogens is 2. The predicted molar refractivity (Wildman–Crippen MR) is 74.3 cm³/mol. The van der Waals surface area contributed by atoms with Crippen molar-refractivity contribution in [1.29, 1.82) is 0 Å². The smallest absolute Gasteiger partial charge is 0.248 e. The Morgan fingerprint density at radius 1 is 1.14 bits per heavy atom. The van der Waals surface area contributed by atoms with Gasteiger partial charge in [-0.1, -0.05) is 12.1 Å². The van der Waals surface area contributed by atoms with Crippen molar-refractivity contribution >= 4 is 10.0 Å². The molecule has 2 fully saturated rings. The van der Waals surface area contributed by atoms with Crippen LogP contribution in [0, 0.1) is 11.8 Å². The number of benzene rings is 1. The summed E-state index contributed by atoms with van der Waals surface area (Å²) in [6, 6.07) is 6.41. The molecule has 0 amide bonds. The third-order valence-corrected chi connectivity index (χ3v) is 6.31. The minimum Gasteiger partial charge on any atom is -0.326 e.